The number of ether oxygens (including phenoxy) is 1. The Morgan fingerprint density at radius 2 is 2.10 bits per heavy atom. The lowest BCUT2D eigenvalue weighted by atomic mass is 10.1. The number of anilines is 1. The Balaban J connectivity index is 2.29. The predicted molar refractivity (Wildman–Crippen MR) is 69.1 cm³/mol. The van der Waals surface area contributed by atoms with E-state index < -0.39 is 11.9 Å². The molecule has 0 atom stereocenters. The zero-order valence-electron chi connectivity index (χ0n) is 10.8. The van der Waals surface area contributed by atoms with Crippen LogP contribution in [0, 0.1) is 6.92 Å². The van der Waals surface area contributed by atoms with Gasteiger partial charge in [-0.25, -0.2) is 4.79 Å². The fraction of sp³-hybridized carbons (Fsp3) is 0.154. The van der Waals surface area contributed by atoms with Gasteiger partial charge in [-0.05, 0) is 25.1 Å². The third-order valence-electron chi connectivity index (χ3n) is 2.56. The van der Waals surface area contributed by atoms with Crippen molar-refractivity contribution in [3.63, 3.8) is 0 Å². The van der Waals surface area contributed by atoms with Crippen LogP contribution >= 0.6 is 0 Å². The fourth-order valence-corrected chi connectivity index (χ4v) is 1.59. The van der Waals surface area contributed by atoms with Crippen LogP contribution in [0.25, 0.3) is 0 Å². The molecule has 0 aliphatic heterocycles. The lowest BCUT2D eigenvalue weighted by Gasteiger charge is -2.08. The van der Waals surface area contributed by atoms with E-state index in [1.165, 1.54) is 25.3 Å². The minimum atomic E-state index is -1.17. The van der Waals surface area contributed by atoms with Crippen LogP contribution in [0.5, 0.6) is 5.75 Å². The number of carboxylic acid groups (broad SMARTS) is 1. The predicted octanol–water partition coefficient (Wildman–Crippen LogP) is 1.94. The number of aromatic nitrogens is 1. The van der Waals surface area contributed by atoms with E-state index in [0.29, 0.717) is 11.4 Å². The van der Waals surface area contributed by atoms with Crippen LogP contribution in [-0.4, -0.2) is 29.2 Å². The first-order chi connectivity index (χ1) is 9.51. The molecule has 0 saturated heterocycles. The zero-order chi connectivity index (χ0) is 14.7. The van der Waals surface area contributed by atoms with Crippen LogP contribution in [0.15, 0.2) is 28.8 Å². The molecule has 1 amide bonds. The van der Waals surface area contributed by atoms with Gasteiger partial charge in [0.05, 0.1) is 24.1 Å². The molecule has 0 radical (unpaired) electrons. The molecule has 0 bridgehead atoms. The maximum absolute atomic E-state index is 11.9. The number of nitrogens with one attached hydrogen (secondary N) is 1. The van der Waals surface area contributed by atoms with Gasteiger partial charge in [0, 0.05) is 6.07 Å². The number of hydrogen-bond donors (Lipinski definition) is 2. The first kappa shape index (κ1) is 13.6. The van der Waals surface area contributed by atoms with Gasteiger partial charge in [-0.15, -0.1) is 0 Å². The number of aromatic carboxylic acids is 1. The van der Waals surface area contributed by atoms with E-state index in [9.17, 15) is 9.59 Å². The number of aryl methyl sites for hydroxylation is 1. The molecule has 0 unspecified atom stereocenters. The summed E-state index contributed by atoms with van der Waals surface area (Å²) in [6.07, 6.45) is 0. The van der Waals surface area contributed by atoms with Gasteiger partial charge >= 0.3 is 5.97 Å². The second kappa shape index (κ2) is 5.43. The summed E-state index contributed by atoms with van der Waals surface area (Å²) in [6.45, 7) is 1.68. The molecule has 0 aliphatic carbocycles. The summed E-state index contributed by atoms with van der Waals surface area (Å²) in [4.78, 5) is 23.1. The maximum atomic E-state index is 11.9. The number of carboxylic acids is 1. The summed E-state index contributed by atoms with van der Waals surface area (Å²) in [5, 5.41) is 15.2. The van der Waals surface area contributed by atoms with Crippen molar-refractivity contribution < 1.29 is 24.0 Å². The Bertz CT molecular complexity index is 663. The summed E-state index contributed by atoms with van der Waals surface area (Å²) >= 11 is 0. The molecule has 2 N–H and O–H groups in total. The van der Waals surface area contributed by atoms with Gasteiger partial charge < -0.3 is 19.7 Å². The Labute approximate surface area is 114 Å². The van der Waals surface area contributed by atoms with Crippen molar-refractivity contribution >= 4 is 17.6 Å². The van der Waals surface area contributed by atoms with Crippen LogP contribution in [0.3, 0.4) is 0 Å². The van der Waals surface area contributed by atoms with Crippen LogP contribution in [0.1, 0.15) is 26.6 Å². The van der Waals surface area contributed by atoms with Crippen LogP contribution in [0.4, 0.5) is 5.69 Å². The normalized spacial score (nSPS) is 10.1. The largest absolute Gasteiger partial charge is 0.497 e. The van der Waals surface area contributed by atoms with Gasteiger partial charge in [-0.3, -0.25) is 4.79 Å². The van der Waals surface area contributed by atoms with E-state index in [0.717, 1.165) is 0 Å². The average molecular weight is 276 g/mol. The van der Waals surface area contributed by atoms with E-state index in [1.807, 2.05) is 0 Å². The van der Waals surface area contributed by atoms with Crippen molar-refractivity contribution in [2.75, 3.05) is 12.4 Å². The third kappa shape index (κ3) is 2.77. The molecule has 2 rings (SSSR count). The molecule has 2 aromatic rings. The Morgan fingerprint density at radius 1 is 1.35 bits per heavy atom. The van der Waals surface area contributed by atoms with Crippen LogP contribution in [-0.2, 0) is 0 Å². The van der Waals surface area contributed by atoms with Crippen LogP contribution < -0.4 is 10.1 Å². The number of methoxy groups -OCH3 is 1. The molecule has 104 valence electrons. The number of rotatable bonds is 4. The van der Waals surface area contributed by atoms with Gasteiger partial charge in [0.15, 0.2) is 0 Å². The van der Waals surface area contributed by atoms with Crippen LogP contribution in [0.2, 0.25) is 0 Å². The second-order valence-corrected chi connectivity index (χ2v) is 4.00. The first-order valence-electron chi connectivity index (χ1n) is 5.67. The van der Waals surface area contributed by atoms with Gasteiger partial charge in [-0.2, -0.15) is 0 Å². The Kier molecular flexibility index (Phi) is 3.69. The lowest BCUT2D eigenvalue weighted by molar-refractivity contribution is 0.0697. The third-order valence-corrected chi connectivity index (χ3v) is 2.56. The number of hydrogen-bond acceptors (Lipinski definition) is 5. The number of carbonyl (C=O) groups is 2. The van der Waals surface area contributed by atoms with Gasteiger partial charge in [0.25, 0.3) is 5.91 Å². The summed E-state index contributed by atoms with van der Waals surface area (Å²) in [7, 11) is 1.43. The maximum Gasteiger partial charge on any atom is 0.337 e. The highest BCUT2D eigenvalue weighted by Gasteiger charge is 2.17. The summed E-state index contributed by atoms with van der Waals surface area (Å²) in [5.74, 6) is -1.35. The number of nitrogens with zero attached hydrogens (tertiary/aromatic N) is 1. The molecule has 0 spiro atoms. The molecule has 0 saturated carbocycles. The van der Waals surface area contributed by atoms with E-state index in [-0.39, 0.29) is 17.0 Å². The number of benzene rings is 1. The molecular formula is C13H12N2O5. The Hall–Kier alpha value is -2.83. The zero-order valence-corrected chi connectivity index (χ0v) is 10.8. The summed E-state index contributed by atoms with van der Waals surface area (Å²) in [5.41, 5.74) is 0.634. The quantitative estimate of drug-likeness (QED) is 0.884. The standard InChI is InChI=1S/C13H12N2O5/c1-7-5-11(20-15-7)12(16)14-10-4-3-8(19-2)6-9(10)13(17)18/h3-6H,1-2H3,(H,14,16)(H,17,18). The monoisotopic (exact) mass is 276 g/mol. The summed E-state index contributed by atoms with van der Waals surface area (Å²) < 4.78 is 9.76. The van der Waals surface area contributed by atoms with E-state index in [4.69, 9.17) is 14.4 Å². The SMILES string of the molecule is COc1ccc(NC(=O)c2cc(C)no2)c(C(=O)O)c1. The van der Waals surface area contributed by atoms with Crippen molar-refractivity contribution in [1.82, 2.24) is 5.16 Å². The molecule has 1 aromatic carbocycles. The molecule has 1 heterocycles. The molecule has 7 nitrogen and oxygen atoms in total. The highest BCUT2D eigenvalue weighted by molar-refractivity contribution is 6.06. The Morgan fingerprint density at radius 3 is 2.65 bits per heavy atom. The minimum Gasteiger partial charge on any atom is -0.497 e. The van der Waals surface area contributed by atoms with Gasteiger partial charge in [0.1, 0.15) is 5.75 Å². The molecule has 7 heteroatoms. The van der Waals surface area contributed by atoms with Gasteiger partial charge in [0.2, 0.25) is 5.76 Å². The topological polar surface area (TPSA) is 102 Å². The summed E-state index contributed by atoms with van der Waals surface area (Å²) in [6, 6.07) is 5.78. The average Bonchev–Trinajstić information content (AvgIpc) is 2.85. The smallest absolute Gasteiger partial charge is 0.337 e. The number of carbonyl (C=O) groups excluding carboxylic acids is 1. The highest BCUT2D eigenvalue weighted by atomic mass is 16.5. The molecular weight excluding hydrogens is 264 g/mol. The van der Waals surface area contributed by atoms with Crippen molar-refractivity contribution in [3.05, 3.63) is 41.3 Å². The van der Waals surface area contributed by atoms with E-state index in [2.05, 4.69) is 10.5 Å². The molecule has 0 fully saturated rings. The van der Waals surface area contributed by atoms with E-state index in [1.54, 1.807) is 13.0 Å². The van der Waals surface area contributed by atoms with Gasteiger partial charge in [-0.1, -0.05) is 5.16 Å². The molecule has 1 aromatic heterocycles. The first-order valence-corrected chi connectivity index (χ1v) is 5.67. The van der Waals surface area contributed by atoms with Crippen molar-refractivity contribution in [3.8, 4) is 5.75 Å². The molecule has 20 heavy (non-hydrogen) atoms. The highest BCUT2D eigenvalue weighted by Crippen LogP contribution is 2.22. The number of amides is 1. The van der Waals surface area contributed by atoms with E-state index >= 15 is 0 Å². The van der Waals surface area contributed by atoms with Crippen molar-refractivity contribution in [2.24, 2.45) is 0 Å². The van der Waals surface area contributed by atoms with Crippen molar-refractivity contribution in [1.29, 1.82) is 0 Å². The van der Waals surface area contributed by atoms with Crippen molar-refractivity contribution in [2.45, 2.75) is 6.92 Å². The second-order valence-electron chi connectivity index (χ2n) is 4.00. The fourth-order valence-electron chi connectivity index (χ4n) is 1.59. The minimum absolute atomic E-state index is 0.00894. The lowest BCUT2D eigenvalue weighted by Crippen LogP contribution is -2.14. The molecule has 0 aliphatic rings.